The van der Waals surface area contributed by atoms with Gasteiger partial charge in [-0.15, -0.1) is 0 Å². The number of hydrogen-bond donors (Lipinski definition) is 3. The molecule has 0 fully saturated rings. The van der Waals surface area contributed by atoms with E-state index >= 15 is 0 Å². The maximum Gasteiger partial charge on any atom is 0.226 e. The van der Waals surface area contributed by atoms with E-state index in [4.69, 9.17) is 0 Å². The van der Waals surface area contributed by atoms with Crippen LogP contribution in [-0.2, 0) is 11.3 Å². The average Bonchev–Trinajstić information content (AvgIpc) is 2.69. The van der Waals surface area contributed by atoms with Crippen LogP contribution in [-0.4, -0.2) is 25.5 Å². The van der Waals surface area contributed by atoms with Crippen molar-refractivity contribution in [3.8, 4) is 0 Å². The van der Waals surface area contributed by atoms with Gasteiger partial charge in [-0.1, -0.05) is 62.7 Å². The first-order valence-corrected chi connectivity index (χ1v) is 9.80. The van der Waals surface area contributed by atoms with Crippen LogP contribution < -0.4 is 16.0 Å². The van der Waals surface area contributed by atoms with Gasteiger partial charge in [-0.2, -0.15) is 0 Å². The van der Waals surface area contributed by atoms with Gasteiger partial charge in [0.15, 0.2) is 5.96 Å². The smallest absolute Gasteiger partial charge is 0.226 e. The molecule has 1 amide bonds. The van der Waals surface area contributed by atoms with E-state index in [0.717, 1.165) is 23.8 Å². The van der Waals surface area contributed by atoms with Crippen molar-refractivity contribution in [3.05, 3.63) is 65.2 Å². The topological polar surface area (TPSA) is 65.5 Å². The maximum absolute atomic E-state index is 11.7. The number of nitrogens with one attached hydrogen (secondary N) is 3. The van der Waals surface area contributed by atoms with Gasteiger partial charge in [-0.25, -0.2) is 0 Å². The van der Waals surface area contributed by atoms with Gasteiger partial charge < -0.3 is 16.0 Å². The number of nitrogens with zero attached hydrogens (tertiary/aromatic N) is 1. The fourth-order valence-corrected chi connectivity index (χ4v) is 2.66. The molecule has 0 aliphatic carbocycles. The van der Waals surface area contributed by atoms with Gasteiger partial charge in [0.25, 0.3) is 0 Å². The quantitative estimate of drug-likeness (QED) is 0.501. The largest absolute Gasteiger partial charge is 0.356 e. The standard InChI is InChI=1S/C23H32N4O/c1-16(2)22(28)27-21-12-8-19(9-13-21)15-26-23(24-5)25-14-18(4)20-10-6-17(3)7-11-20/h6-13,16,18H,14-15H2,1-5H3,(H,27,28)(H2,24,25,26). The Bertz CT molecular complexity index is 779. The summed E-state index contributed by atoms with van der Waals surface area (Å²) in [6, 6.07) is 16.5. The lowest BCUT2D eigenvalue weighted by molar-refractivity contribution is -0.118. The summed E-state index contributed by atoms with van der Waals surface area (Å²) in [7, 11) is 1.77. The van der Waals surface area contributed by atoms with E-state index in [9.17, 15) is 4.79 Å². The highest BCUT2D eigenvalue weighted by molar-refractivity contribution is 5.92. The van der Waals surface area contributed by atoms with Gasteiger partial charge in [0, 0.05) is 31.7 Å². The second-order valence-electron chi connectivity index (χ2n) is 7.46. The Labute approximate surface area is 168 Å². The summed E-state index contributed by atoms with van der Waals surface area (Å²) in [6.07, 6.45) is 0. The van der Waals surface area contributed by atoms with Crippen LogP contribution in [0.25, 0.3) is 0 Å². The summed E-state index contributed by atoms with van der Waals surface area (Å²) in [5.74, 6) is 1.16. The first-order valence-electron chi connectivity index (χ1n) is 9.80. The van der Waals surface area contributed by atoms with E-state index in [1.807, 2.05) is 38.1 Å². The van der Waals surface area contributed by atoms with Crippen LogP contribution in [0.1, 0.15) is 43.4 Å². The third kappa shape index (κ3) is 6.72. The van der Waals surface area contributed by atoms with E-state index in [1.54, 1.807) is 7.05 Å². The zero-order valence-electron chi connectivity index (χ0n) is 17.5. The van der Waals surface area contributed by atoms with Crippen molar-refractivity contribution in [1.29, 1.82) is 0 Å². The molecule has 2 aromatic rings. The highest BCUT2D eigenvalue weighted by atomic mass is 16.1. The van der Waals surface area contributed by atoms with E-state index in [2.05, 4.69) is 59.1 Å². The molecule has 3 N–H and O–H groups in total. The van der Waals surface area contributed by atoms with Crippen LogP contribution in [0.2, 0.25) is 0 Å². The minimum absolute atomic E-state index is 0.0261. The average molecular weight is 381 g/mol. The summed E-state index contributed by atoms with van der Waals surface area (Å²) in [5, 5.41) is 9.62. The number of rotatable bonds is 7. The van der Waals surface area contributed by atoms with Crippen molar-refractivity contribution in [2.45, 2.75) is 40.2 Å². The first-order chi connectivity index (χ1) is 13.4. The van der Waals surface area contributed by atoms with Gasteiger partial charge >= 0.3 is 0 Å². The minimum Gasteiger partial charge on any atom is -0.356 e. The Morgan fingerprint density at radius 2 is 1.61 bits per heavy atom. The van der Waals surface area contributed by atoms with Crippen molar-refractivity contribution in [2.24, 2.45) is 10.9 Å². The Kier molecular flexibility index (Phi) is 8.05. The number of anilines is 1. The first kappa shape index (κ1) is 21.5. The molecule has 0 bridgehead atoms. The molecule has 0 radical (unpaired) electrons. The third-order valence-corrected chi connectivity index (χ3v) is 4.65. The molecule has 0 aliphatic rings. The normalized spacial score (nSPS) is 12.6. The van der Waals surface area contributed by atoms with E-state index < -0.39 is 0 Å². The molecule has 0 heterocycles. The molecule has 0 spiro atoms. The molecule has 28 heavy (non-hydrogen) atoms. The van der Waals surface area contributed by atoms with E-state index in [1.165, 1.54) is 11.1 Å². The Morgan fingerprint density at radius 3 is 2.18 bits per heavy atom. The predicted octanol–water partition coefficient (Wildman–Crippen LogP) is 4.06. The van der Waals surface area contributed by atoms with Gasteiger partial charge in [-0.05, 0) is 36.1 Å². The second-order valence-corrected chi connectivity index (χ2v) is 7.46. The highest BCUT2D eigenvalue weighted by Gasteiger charge is 2.08. The molecule has 0 aromatic heterocycles. The Balaban J connectivity index is 1.81. The molecule has 5 heteroatoms. The fraction of sp³-hybridized carbons (Fsp3) is 0.391. The summed E-state index contributed by atoms with van der Waals surface area (Å²) in [4.78, 5) is 16.0. The molecule has 150 valence electrons. The van der Waals surface area contributed by atoms with Crippen LogP contribution in [0, 0.1) is 12.8 Å². The van der Waals surface area contributed by atoms with Gasteiger partial charge in [0.1, 0.15) is 0 Å². The molecular weight excluding hydrogens is 348 g/mol. The molecule has 5 nitrogen and oxygen atoms in total. The second kappa shape index (κ2) is 10.5. The number of guanidine groups is 1. The summed E-state index contributed by atoms with van der Waals surface area (Å²) in [5.41, 5.74) is 4.53. The van der Waals surface area contributed by atoms with E-state index in [-0.39, 0.29) is 11.8 Å². The number of hydrogen-bond acceptors (Lipinski definition) is 2. The van der Waals surface area contributed by atoms with Crippen LogP contribution in [0.15, 0.2) is 53.5 Å². The molecule has 0 aliphatic heterocycles. The van der Waals surface area contributed by atoms with Crippen LogP contribution in [0.3, 0.4) is 0 Å². The minimum atomic E-state index is -0.0296. The molecule has 2 rings (SSSR count). The SMILES string of the molecule is CN=C(NCc1ccc(NC(=O)C(C)C)cc1)NCC(C)c1ccc(C)cc1. The van der Waals surface area contributed by atoms with Gasteiger partial charge in [0.05, 0.1) is 0 Å². The molecule has 0 saturated carbocycles. The fourth-order valence-electron chi connectivity index (χ4n) is 2.66. The zero-order chi connectivity index (χ0) is 20.5. The zero-order valence-corrected chi connectivity index (χ0v) is 17.5. The summed E-state index contributed by atoms with van der Waals surface area (Å²) >= 11 is 0. The Morgan fingerprint density at radius 1 is 0.964 bits per heavy atom. The van der Waals surface area contributed by atoms with Crippen LogP contribution in [0.4, 0.5) is 5.69 Å². The third-order valence-electron chi connectivity index (χ3n) is 4.65. The van der Waals surface area contributed by atoms with Gasteiger partial charge in [0.2, 0.25) is 5.91 Å². The molecule has 1 unspecified atom stereocenters. The summed E-state index contributed by atoms with van der Waals surface area (Å²) in [6.45, 7) is 9.54. The lowest BCUT2D eigenvalue weighted by atomic mass is 10.0. The predicted molar refractivity (Wildman–Crippen MR) is 118 cm³/mol. The number of benzene rings is 2. The maximum atomic E-state index is 11.7. The van der Waals surface area contributed by atoms with Crippen molar-refractivity contribution in [2.75, 3.05) is 18.9 Å². The molecule has 0 saturated heterocycles. The van der Waals surface area contributed by atoms with E-state index in [0.29, 0.717) is 12.5 Å². The highest BCUT2D eigenvalue weighted by Crippen LogP contribution is 2.15. The number of carbonyl (C=O) groups is 1. The summed E-state index contributed by atoms with van der Waals surface area (Å²) < 4.78 is 0. The molecular formula is C23H32N4O. The number of carbonyl (C=O) groups excluding carboxylic acids is 1. The van der Waals surface area contributed by atoms with Crippen LogP contribution in [0.5, 0.6) is 0 Å². The van der Waals surface area contributed by atoms with Crippen molar-refractivity contribution < 1.29 is 4.79 Å². The van der Waals surface area contributed by atoms with Gasteiger partial charge in [-0.3, -0.25) is 9.79 Å². The van der Waals surface area contributed by atoms with Crippen molar-refractivity contribution in [3.63, 3.8) is 0 Å². The van der Waals surface area contributed by atoms with Crippen LogP contribution >= 0.6 is 0 Å². The number of aryl methyl sites for hydroxylation is 1. The monoisotopic (exact) mass is 380 g/mol. The van der Waals surface area contributed by atoms with Crippen molar-refractivity contribution in [1.82, 2.24) is 10.6 Å². The lowest BCUT2D eigenvalue weighted by Gasteiger charge is -2.17. The number of aliphatic imine (C=N–C) groups is 1. The lowest BCUT2D eigenvalue weighted by Crippen LogP contribution is -2.38. The Hall–Kier alpha value is -2.82. The molecule has 2 aromatic carbocycles. The molecule has 1 atom stereocenters. The number of amides is 1. The van der Waals surface area contributed by atoms with Crippen molar-refractivity contribution >= 4 is 17.6 Å².